The fourth-order valence-electron chi connectivity index (χ4n) is 2.41. The first-order chi connectivity index (χ1) is 11.1. The van der Waals surface area contributed by atoms with Gasteiger partial charge in [-0.05, 0) is 31.2 Å². The molecule has 1 heterocycles. The molecule has 0 atom stereocenters. The third-order valence-corrected chi connectivity index (χ3v) is 3.65. The lowest BCUT2D eigenvalue weighted by molar-refractivity contribution is -0.116. The number of aryl methyl sites for hydroxylation is 2. The number of rotatable bonds is 4. The van der Waals surface area contributed by atoms with Crippen molar-refractivity contribution in [3.63, 3.8) is 0 Å². The van der Waals surface area contributed by atoms with Gasteiger partial charge in [-0.2, -0.15) is 5.10 Å². The Hall–Kier alpha value is -2.95. The van der Waals surface area contributed by atoms with Gasteiger partial charge in [-0.25, -0.2) is 0 Å². The van der Waals surface area contributed by atoms with Crippen LogP contribution in [-0.4, -0.2) is 15.7 Å². The zero-order chi connectivity index (χ0) is 16.2. The molecule has 5 nitrogen and oxygen atoms in total. The van der Waals surface area contributed by atoms with Crippen LogP contribution in [0, 0.1) is 6.92 Å². The SMILES string of the molecule is Cc1ccc(NC(=O)CCn2ncc(=O)c3ccccc32)cc1. The molecule has 3 rings (SSSR count). The van der Waals surface area contributed by atoms with E-state index in [1.165, 1.54) is 6.20 Å². The molecular formula is C18H17N3O2. The van der Waals surface area contributed by atoms with E-state index in [1.54, 1.807) is 10.7 Å². The van der Waals surface area contributed by atoms with Crippen LogP contribution in [0.25, 0.3) is 10.9 Å². The van der Waals surface area contributed by atoms with Crippen LogP contribution in [0.3, 0.4) is 0 Å². The van der Waals surface area contributed by atoms with Gasteiger partial charge in [0.15, 0.2) is 0 Å². The van der Waals surface area contributed by atoms with E-state index in [0.717, 1.165) is 16.8 Å². The summed E-state index contributed by atoms with van der Waals surface area (Å²) in [5.74, 6) is -0.0848. The molecule has 0 spiro atoms. The molecule has 0 aliphatic heterocycles. The Bertz CT molecular complexity index is 898. The zero-order valence-corrected chi connectivity index (χ0v) is 12.8. The number of para-hydroxylation sites is 1. The second-order valence-corrected chi connectivity index (χ2v) is 5.41. The summed E-state index contributed by atoms with van der Waals surface area (Å²) in [7, 11) is 0. The van der Waals surface area contributed by atoms with Crippen LogP contribution in [0.2, 0.25) is 0 Å². The fraction of sp³-hybridized carbons (Fsp3) is 0.167. The van der Waals surface area contributed by atoms with Gasteiger partial charge in [0.05, 0.1) is 18.3 Å². The molecule has 0 aliphatic carbocycles. The van der Waals surface area contributed by atoms with Gasteiger partial charge in [0, 0.05) is 17.5 Å². The number of nitrogens with one attached hydrogen (secondary N) is 1. The summed E-state index contributed by atoms with van der Waals surface area (Å²) < 4.78 is 1.69. The van der Waals surface area contributed by atoms with Crippen molar-refractivity contribution in [3.05, 3.63) is 70.5 Å². The average Bonchev–Trinajstić information content (AvgIpc) is 2.57. The minimum absolute atomic E-state index is 0.0848. The number of benzene rings is 2. The number of hydrogen-bond acceptors (Lipinski definition) is 3. The third-order valence-electron chi connectivity index (χ3n) is 3.65. The lowest BCUT2D eigenvalue weighted by Gasteiger charge is -2.09. The predicted molar refractivity (Wildman–Crippen MR) is 90.4 cm³/mol. The first kappa shape index (κ1) is 15.0. The van der Waals surface area contributed by atoms with Crippen molar-refractivity contribution < 1.29 is 4.79 Å². The lowest BCUT2D eigenvalue weighted by Crippen LogP contribution is -2.18. The number of anilines is 1. The number of nitrogens with zero attached hydrogens (tertiary/aromatic N) is 2. The van der Waals surface area contributed by atoms with E-state index in [4.69, 9.17) is 0 Å². The van der Waals surface area contributed by atoms with Crippen LogP contribution in [0.4, 0.5) is 5.69 Å². The number of hydrogen-bond donors (Lipinski definition) is 1. The molecule has 3 aromatic rings. The van der Waals surface area contributed by atoms with Crippen LogP contribution in [-0.2, 0) is 11.3 Å². The van der Waals surface area contributed by atoms with E-state index in [2.05, 4.69) is 10.4 Å². The van der Waals surface area contributed by atoms with Crippen LogP contribution >= 0.6 is 0 Å². The monoisotopic (exact) mass is 307 g/mol. The van der Waals surface area contributed by atoms with E-state index in [1.807, 2.05) is 49.4 Å². The summed E-state index contributed by atoms with van der Waals surface area (Å²) in [5, 5.41) is 7.59. The van der Waals surface area contributed by atoms with Gasteiger partial charge in [0.1, 0.15) is 0 Å². The number of fused-ring (bicyclic) bond motifs is 1. The Labute approximate surface area is 133 Å². The van der Waals surface area contributed by atoms with Crippen molar-refractivity contribution in [1.29, 1.82) is 0 Å². The highest BCUT2D eigenvalue weighted by molar-refractivity contribution is 5.90. The van der Waals surface area contributed by atoms with Gasteiger partial charge in [0.25, 0.3) is 0 Å². The fourth-order valence-corrected chi connectivity index (χ4v) is 2.41. The minimum Gasteiger partial charge on any atom is -0.326 e. The number of aromatic nitrogens is 2. The van der Waals surface area contributed by atoms with Crippen molar-refractivity contribution in [2.24, 2.45) is 0 Å². The maximum absolute atomic E-state index is 12.1. The Kier molecular flexibility index (Phi) is 4.19. The summed E-state index contributed by atoms with van der Waals surface area (Å²) in [5.41, 5.74) is 2.55. The molecule has 0 bridgehead atoms. The van der Waals surface area contributed by atoms with Crippen molar-refractivity contribution >= 4 is 22.5 Å². The maximum Gasteiger partial charge on any atom is 0.226 e. The summed E-state index contributed by atoms with van der Waals surface area (Å²) in [4.78, 5) is 23.8. The second kappa shape index (κ2) is 6.44. The van der Waals surface area contributed by atoms with Crippen molar-refractivity contribution in [2.75, 3.05) is 5.32 Å². The van der Waals surface area contributed by atoms with Crippen molar-refractivity contribution in [2.45, 2.75) is 19.9 Å². The highest BCUT2D eigenvalue weighted by Crippen LogP contribution is 2.11. The summed E-state index contributed by atoms with van der Waals surface area (Å²) in [6, 6.07) is 14.9. The smallest absolute Gasteiger partial charge is 0.226 e. The van der Waals surface area contributed by atoms with Gasteiger partial charge in [-0.3, -0.25) is 14.3 Å². The van der Waals surface area contributed by atoms with Gasteiger partial charge in [0.2, 0.25) is 11.3 Å². The molecule has 23 heavy (non-hydrogen) atoms. The molecule has 1 amide bonds. The molecule has 0 saturated heterocycles. The Balaban J connectivity index is 1.71. The maximum atomic E-state index is 12.1. The van der Waals surface area contributed by atoms with Crippen LogP contribution in [0.5, 0.6) is 0 Å². The topological polar surface area (TPSA) is 64.0 Å². The molecule has 0 unspecified atom stereocenters. The van der Waals surface area contributed by atoms with E-state index in [0.29, 0.717) is 11.9 Å². The predicted octanol–water partition coefficient (Wildman–Crippen LogP) is 2.73. The first-order valence-electron chi connectivity index (χ1n) is 7.45. The van der Waals surface area contributed by atoms with Crippen molar-refractivity contribution in [3.8, 4) is 0 Å². The van der Waals surface area contributed by atoms with Crippen LogP contribution in [0.15, 0.2) is 59.5 Å². The van der Waals surface area contributed by atoms with Gasteiger partial charge < -0.3 is 5.32 Å². The normalized spacial score (nSPS) is 10.7. The number of carbonyl (C=O) groups is 1. The van der Waals surface area contributed by atoms with Gasteiger partial charge in [-0.1, -0.05) is 29.8 Å². The molecule has 0 aliphatic rings. The van der Waals surface area contributed by atoms with Crippen LogP contribution < -0.4 is 10.7 Å². The van der Waals surface area contributed by atoms with Crippen LogP contribution in [0.1, 0.15) is 12.0 Å². The van der Waals surface area contributed by atoms with Gasteiger partial charge in [-0.15, -0.1) is 0 Å². The molecule has 1 aromatic heterocycles. The lowest BCUT2D eigenvalue weighted by atomic mass is 10.2. The quantitative estimate of drug-likeness (QED) is 0.806. The van der Waals surface area contributed by atoms with Crippen molar-refractivity contribution in [1.82, 2.24) is 9.78 Å². The Morgan fingerprint density at radius 1 is 1.13 bits per heavy atom. The molecule has 0 radical (unpaired) electrons. The molecule has 0 saturated carbocycles. The van der Waals surface area contributed by atoms with E-state index < -0.39 is 0 Å². The largest absolute Gasteiger partial charge is 0.326 e. The average molecular weight is 307 g/mol. The minimum atomic E-state index is -0.110. The van der Waals surface area contributed by atoms with E-state index >= 15 is 0 Å². The zero-order valence-electron chi connectivity index (χ0n) is 12.8. The number of amides is 1. The highest BCUT2D eigenvalue weighted by Gasteiger charge is 2.06. The molecule has 1 N–H and O–H groups in total. The third kappa shape index (κ3) is 3.45. The van der Waals surface area contributed by atoms with Gasteiger partial charge >= 0.3 is 0 Å². The molecule has 2 aromatic carbocycles. The molecular weight excluding hydrogens is 290 g/mol. The Morgan fingerprint density at radius 3 is 2.65 bits per heavy atom. The molecule has 0 fully saturated rings. The molecule has 5 heteroatoms. The number of carbonyl (C=O) groups excluding carboxylic acids is 1. The summed E-state index contributed by atoms with van der Waals surface area (Å²) in [6.07, 6.45) is 1.58. The van der Waals surface area contributed by atoms with E-state index in [9.17, 15) is 9.59 Å². The van der Waals surface area contributed by atoms with E-state index in [-0.39, 0.29) is 17.8 Å². The first-order valence-corrected chi connectivity index (χ1v) is 7.45. The standard InChI is InChI=1S/C18H17N3O2/c1-13-6-8-14(9-7-13)20-18(23)10-11-21-16-5-3-2-4-15(16)17(22)12-19-21/h2-9,12H,10-11H2,1H3,(H,20,23). The molecule has 116 valence electrons. The summed E-state index contributed by atoms with van der Waals surface area (Å²) >= 11 is 0. The second-order valence-electron chi connectivity index (χ2n) is 5.41. The Morgan fingerprint density at radius 2 is 1.87 bits per heavy atom. The summed E-state index contributed by atoms with van der Waals surface area (Å²) in [6.45, 7) is 2.41. The highest BCUT2D eigenvalue weighted by atomic mass is 16.1.